The largest absolute Gasteiger partial charge is 0.392 e. The minimum atomic E-state index is -0.449. The molecular formula is C13H21N3O3. The Labute approximate surface area is 112 Å². The lowest BCUT2D eigenvalue weighted by atomic mass is 10.1. The van der Waals surface area contributed by atoms with E-state index in [0.717, 1.165) is 25.7 Å². The number of nitrogens with zero attached hydrogens (tertiary/aromatic N) is 1. The van der Waals surface area contributed by atoms with Crippen molar-refractivity contribution in [2.75, 3.05) is 13.1 Å². The molecule has 0 bridgehead atoms. The van der Waals surface area contributed by atoms with Gasteiger partial charge in [0.25, 0.3) is 0 Å². The molecule has 3 rings (SSSR count). The average Bonchev–Trinajstić information content (AvgIpc) is 2.92. The van der Waals surface area contributed by atoms with E-state index in [1.54, 1.807) is 4.90 Å². The maximum absolute atomic E-state index is 12.4. The van der Waals surface area contributed by atoms with Gasteiger partial charge < -0.3 is 20.6 Å². The molecule has 3 fully saturated rings. The normalized spacial score (nSPS) is 34.6. The fourth-order valence-electron chi connectivity index (χ4n) is 2.93. The second-order valence-corrected chi connectivity index (χ2v) is 5.82. The van der Waals surface area contributed by atoms with Crippen molar-refractivity contribution < 1.29 is 14.7 Å². The average molecular weight is 267 g/mol. The Hall–Kier alpha value is -1.14. The summed E-state index contributed by atoms with van der Waals surface area (Å²) in [5, 5.41) is 15.5. The first-order valence-corrected chi connectivity index (χ1v) is 7.17. The quantitative estimate of drug-likeness (QED) is 0.611. The van der Waals surface area contributed by atoms with Gasteiger partial charge in [0, 0.05) is 19.1 Å². The molecule has 19 heavy (non-hydrogen) atoms. The van der Waals surface area contributed by atoms with Gasteiger partial charge in [-0.25, -0.2) is 0 Å². The summed E-state index contributed by atoms with van der Waals surface area (Å²) in [5.74, 6) is -0.0445. The summed E-state index contributed by atoms with van der Waals surface area (Å²) in [6.45, 7) is 1.11. The van der Waals surface area contributed by atoms with Gasteiger partial charge in [-0.05, 0) is 32.1 Å². The Bertz CT molecular complexity index is 383. The number of aliphatic hydroxyl groups is 1. The minimum Gasteiger partial charge on any atom is -0.392 e. The number of carbonyl (C=O) groups is 2. The van der Waals surface area contributed by atoms with Gasteiger partial charge in [-0.2, -0.15) is 0 Å². The molecule has 6 nitrogen and oxygen atoms in total. The third-order valence-corrected chi connectivity index (χ3v) is 4.17. The maximum atomic E-state index is 12.4. The van der Waals surface area contributed by atoms with Crippen LogP contribution in [0.25, 0.3) is 0 Å². The fourth-order valence-corrected chi connectivity index (χ4v) is 2.93. The van der Waals surface area contributed by atoms with Crippen LogP contribution in [0.5, 0.6) is 0 Å². The van der Waals surface area contributed by atoms with E-state index in [2.05, 4.69) is 10.6 Å². The molecule has 1 aliphatic carbocycles. The molecule has 6 heteroatoms. The van der Waals surface area contributed by atoms with E-state index >= 15 is 0 Å². The van der Waals surface area contributed by atoms with Gasteiger partial charge in [0.2, 0.25) is 11.8 Å². The molecule has 1 saturated carbocycles. The van der Waals surface area contributed by atoms with Crippen molar-refractivity contribution in [3.63, 3.8) is 0 Å². The summed E-state index contributed by atoms with van der Waals surface area (Å²) in [5.41, 5.74) is 0. The van der Waals surface area contributed by atoms with Crippen LogP contribution in [0, 0.1) is 0 Å². The molecule has 2 heterocycles. The lowest BCUT2D eigenvalue weighted by Gasteiger charge is -2.26. The lowest BCUT2D eigenvalue weighted by Crippen LogP contribution is -2.51. The second kappa shape index (κ2) is 5.09. The first-order chi connectivity index (χ1) is 9.15. The molecule has 0 radical (unpaired) electrons. The van der Waals surface area contributed by atoms with E-state index in [1.807, 2.05) is 0 Å². The second-order valence-electron chi connectivity index (χ2n) is 5.82. The number of amides is 2. The maximum Gasteiger partial charge on any atom is 0.243 e. The van der Waals surface area contributed by atoms with Crippen molar-refractivity contribution in [1.29, 1.82) is 0 Å². The molecule has 0 aromatic heterocycles. The molecule has 3 atom stereocenters. The van der Waals surface area contributed by atoms with Crippen molar-refractivity contribution in [2.45, 2.75) is 56.3 Å². The van der Waals surface area contributed by atoms with E-state index in [1.165, 1.54) is 0 Å². The number of likely N-dealkylation sites (tertiary alicyclic amines) is 1. The van der Waals surface area contributed by atoms with Gasteiger partial charge in [-0.15, -0.1) is 0 Å². The Morgan fingerprint density at radius 3 is 2.68 bits per heavy atom. The molecule has 3 aliphatic rings. The summed E-state index contributed by atoms with van der Waals surface area (Å²) in [4.78, 5) is 26.2. The highest BCUT2D eigenvalue weighted by Gasteiger charge is 2.40. The van der Waals surface area contributed by atoms with Crippen molar-refractivity contribution in [2.24, 2.45) is 0 Å². The number of hydrogen-bond donors (Lipinski definition) is 3. The molecule has 3 N–H and O–H groups in total. The Kier molecular flexibility index (Phi) is 3.45. The molecular weight excluding hydrogens is 246 g/mol. The van der Waals surface area contributed by atoms with Crippen LogP contribution in [0.3, 0.4) is 0 Å². The highest BCUT2D eigenvalue weighted by molar-refractivity contribution is 5.90. The zero-order chi connectivity index (χ0) is 13.4. The topological polar surface area (TPSA) is 81.7 Å². The van der Waals surface area contributed by atoms with E-state index in [-0.39, 0.29) is 23.9 Å². The number of hydrogen-bond acceptors (Lipinski definition) is 4. The van der Waals surface area contributed by atoms with Crippen LogP contribution in [-0.2, 0) is 9.59 Å². The summed E-state index contributed by atoms with van der Waals surface area (Å²) in [6.07, 6.45) is 3.75. The predicted octanol–water partition coefficient (Wildman–Crippen LogP) is -1.02. The Balaban J connectivity index is 1.61. The molecule has 3 unspecified atom stereocenters. The standard InChI is InChI=1S/C13H21N3O3/c17-9-6-10(14-7-9)13(19)16-5-1-2-11(16)12(18)15-8-3-4-8/h8-11,14,17H,1-7H2,(H,15,18). The van der Waals surface area contributed by atoms with Crippen molar-refractivity contribution in [1.82, 2.24) is 15.5 Å². The van der Waals surface area contributed by atoms with Crippen molar-refractivity contribution in [3.8, 4) is 0 Å². The van der Waals surface area contributed by atoms with Gasteiger partial charge in [0.1, 0.15) is 6.04 Å². The molecule has 2 saturated heterocycles. The molecule has 2 aliphatic heterocycles. The number of rotatable bonds is 3. The van der Waals surface area contributed by atoms with Crippen LogP contribution in [0.1, 0.15) is 32.1 Å². The van der Waals surface area contributed by atoms with E-state index in [9.17, 15) is 14.7 Å². The van der Waals surface area contributed by atoms with Gasteiger partial charge in [-0.1, -0.05) is 0 Å². The highest BCUT2D eigenvalue weighted by Crippen LogP contribution is 2.23. The highest BCUT2D eigenvalue weighted by atomic mass is 16.3. The van der Waals surface area contributed by atoms with Crippen LogP contribution in [-0.4, -0.2) is 59.1 Å². The van der Waals surface area contributed by atoms with Crippen molar-refractivity contribution in [3.05, 3.63) is 0 Å². The van der Waals surface area contributed by atoms with Crippen LogP contribution in [0.4, 0.5) is 0 Å². The lowest BCUT2D eigenvalue weighted by molar-refractivity contribution is -0.139. The molecule has 0 spiro atoms. The zero-order valence-electron chi connectivity index (χ0n) is 11.0. The van der Waals surface area contributed by atoms with Gasteiger partial charge in [0.05, 0.1) is 12.1 Å². The third-order valence-electron chi connectivity index (χ3n) is 4.17. The Morgan fingerprint density at radius 1 is 1.26 bits per heavy atom. The minimum absolute atomic E-state index is 0.00750. The van der Waals surface area contributed by atoms with Crippen LogP contribution < -0.4 is 10.6 Å². The van der Waals surface area contributed by atoms with E-state index in [0.29, 0.717) is 25.6 Å². The first kappa shape index (κ1) is 12.9. The first-order valence-electron chi connectivity index (χ1n) is 7.17. The molecule has 0 aromatic carbocycles. The van der Waals surface area contributed by atoms with E-state index in [4.69, 9.17) is 0 Å². The van der Waals surface area contributed by atoms with E-state index < -0.39 is 6.10 Å². The van der Waals surface area contributed by atoms with Crippen LogP contribution >= 0.6 is 0 Å². The predicted molar refractivity (Wildman–Crippen MR) is 68.3 cm³/mol. The number of aliphatic hydroxyl groups excluding tert-OH is 1. The molecule has 106 valence electrons. The van der Waals surface area contributed by atoms with Crippen LogP contribution in [0.15, 0.2) is 0 Å². The van der Waals surface area contributed by atoms with Gasteiger partial charge in [-0.3, -0.25) is 9.59 Å². The van der Waals surface area contributed by atoms with Crippen molar-refractivity contribution >= 4 is 11.8 Å². The van der Waals surface area contributed by atoms with Gasteiger partial charge >= 0.3 is 0 Å². The number of nitrogens with one attached hydrogen (secondary N) is 2. The SMILES string of the molecule is O=C(NC1CC1)C1CCCN1C(=O)C1CC(O)CN1. The van der Waals surface area contributed by atoms with Crippen LogP contribution in [0.2, 0.25) is 0 Å². The summed E-state index contributed by atoms with van der Waals surface area (Å²) < 4.78 is 0. The third kappa shape index (κ3) is 2.74. The zero-order valence-corrected chi connectivity index (χ0v) is 11.0. The summed E-state index contributed by atoms with van der Waals surface area (Å²) in [7, 11) is 0. The molecule has 0 aromatic rings. The summed E-state index contributed by atoms with van der Waals surface area (Å²) >= 11 is 0. The molecule has 2 amide bonds. The number of carbonyl (C=O) groups excluding carboxylic acids is 2. The monoisotopic (exact) mass is 267 g/mol. The number of β-amino-alcohol motifs (C(OH)–C–C–N with tert-alkyl or cyclic N) is 1. The fraction of sp³-hybridized carbons (Fsp3) is 0.846. The van der Waals surface area contributed by atoms with Gasteiger partial charge in [0.15, 0.2) is 0 Å². The smallest absolute Gasteiger partial charge is 0.243 e. The summed E-state index contributed by atoms with van der Waals surface area (Å²) in [6, 6.07) is -0.312. The Morgan fingerprint density at radius 2 is 2.05 bits per heavy atom.